The van der Waals surface area contributed by atoms with Crippen molar-refractivity contribution in [3.05, 3.63) is 29.3 Å². The van der Waals surface area contributed by atoms with E-state index in [4.69, 9.17) is 4.74 Å². The minimum atomic E-state index is 0.168. The summed E-state index contributed by atoms with van der Waals surface area (Å²) in [5.74, 6) is 1.77. The van der Waals surface area contributed by atoms with E-state index in [0.717, 1.165) is 25.2 Å². The van der Waals surface area contributed by atoms with E-state index in [2.05, 4.69) is 11.4 Å². The smallest absolute Gasteiger partial charge is 0.223 e. The summed E-state index contributed by atoms with van der Waals surface area (Å²) >= 11 is 0. The van der Waals surface area contributed by atoms with E-state index in [1.165, 1.54) is 11.1 Å². The topological polar surface area (TPSA) is 38.3 Å². The number of ether oxygens (including phenoxy) is 1. The number of rotatable bonds is 2. The lowest BCUT2D eigenvalue weighted by molar-refractivity contribution is -0.121. The molecule has 0 aromatic heterocycles. The van der Waals surface area contributed by atoms with Gasteiger partial charge in [-0.25, -0.2) is 0 Å². The lowest BCUT2D eigenvalue weighted by Crippen LogP contribution is -2.20. The highest BCUT2D eigenvalue weighted by Gasteiger charge is 2.45. The molecular weight excluding hydrogens is 202 g/mol. The van der Waals surface area contributed by atoms with Crippen LogP contribution in [0.25, 0.3) is 0 Å². The summed E-state index contributed by atoms with van der Waals surface area (Å²) in [5.41, 5.74) is 2.64. The van der Waals surface area contributed by atoms with E-state index in [1.807, 2.05) is 12.1 Å². The van der Waals surface area contributed by atoms with Gasteiger partial charge in [-0.2, -0.15) is 0 Å². The third-order valence-corrected chi connectivity index (χ3v) is 3.55. The van der Waals surface area contributed by atoms with E-state index >= 15 is 0 Å². The summed E-state index contributed by atoms with van der Waals surface area (Å²) in [4.78, 5) is 11.5. The monoisotopic (exact) mass is 217 g/mol. The summed E-state index contributed by atoms with van der Waals surface area (Å²) in [5, 5.41) is 2.72. The Labute approximate surface area is 94.8 Å². The van der Waals surface area contributed by atoms with Gasteiger partial charge >= 0.3 is 0 Å². The number of hydrogen-bond acceptors (Lipinski definition) is 2. The maximum Gasteiger partial charge on any atom is 0.223 e. The highest BCUT2D eigenvalue weighted by Crippen LogP contribution is 2.50. The molecule has 3 rings (SSSR count). The summed E-state index contributed by atoms with van der Waals surface area (Å²) < 4.78 is 5.54. The quantitative estimate of drug-likeness (QED) is 0.814. The number of amides is 1. The van der Waals surface area contributed by atoms with E-state index in [1.54, 1.807) is 7.05 Å². The van der Waals surface area contributed by atoms with Gasteiger partial charge in [0.25, 0.3) is 0 Å². The zero-order valence-electron chi connectivity index (χ0n) is 9.32. The molecule has 2 aliphatic rings. The Bertz CT molecular complexity index is 442. The van der Waals surface area contributed by atoms with E-state index < -0.39 is 0 Å². The van der Waals surface area contributed by atoms with Gasteiger partial charge in [0.15, 0.2) is 0 Å². The Morgan fingerprint density at radius 2 is 2.38 bits per heavy atom. The van der Waals surface area contributed by atoms with Crippen LogP contribution in [0.2, 0.25) is 0 Å². The fraction of sp³-hybridized carbons (Fsp3) is 0.462. The molecule has 3 heteroatoms. The Hall–Kier alpha value is -1.51. The number of hydrogen-bond donors (Lipinski definition) is 1. The predicted molar refractivity (Wildman–Crippen MR) is 60.6 cm³/mol. The number of nitrogens with one attached hydrogen (secondary N) is 1. The van der Waals surface area contributed by atoms with Crippen molar-refractivity contribution in [2.24, 2.45) is 5.92 Å². The maximum absolute atomic E-state index is 11.5. The molecule has 1 fully saturated rings. The van der Waals surface area contributed by atoms with Crippen LogP contribution in [-0.4, -0.2) is 19.6 Å². The molecule has 1 saturated carbocycles. The van der Waals surface area contributed by atoms with Crippen molar-refractivity contribution >= 4 is 5.91 Å². The van der Waals surface area contributed by atoms with Crippen LogP contribution in [0.4, 0.5) is 0 Å². The van der Waals surface area contributed by atoms with E-state index in [-0.39, 0.29) is 11.8 Å². The predicted octanol–water partition coefficient (Wildman–Crippen LogP) is 1.47. The lowest BCUT2D eigenvalue weighted by Gasteiger charge is -2.06. The first-order valence-corrected chi connectivity index (χ1v) is 5.77. The van der Waals surface area contributed by atoms with Crippen LogP contribution >= 0.6 is 0 Å². The highest BCUT2D eigenvalue weighted by atomic mass is 16.5. The fourth-order valence-corrected chi connectivity index (χ4v) is 2.61. The van der Waals surface area contributed by atoms with Gasteiger partial charge < -0.3 is 10.1 Å². The molecule has 0 bridgehead atoms. The first-order chi connectivity index (χ1) is 7.81. The Balaban J connectivity index is 1.87. The summed E-state index contributed by atoms with van der Waals surface area (Å²) in [6.07, 6.45) is 1.97. The zero-order valence-corrected chi connectivity index (χ0v) is 9.32. The van der Waals surface area contributed by atoms with E-state index in [9.17, 15) is 4.79 Å². The molecule has 2 unspecified atom stereocenters. The second kappa shape index (κ2) is 3.51. The van der Waals surface area contributed by atoms with Crippen LogP contribution in [0.15, 0.2) is 18.2 Å². The van der Waals surface area contributed by atoms with Crippen molar-refractivity contribution in [3.8, 4) is 5.75 Å². The second-order valence-corrected chi connectivity index (χ2v) is 4.49. The van der Waals surface area contributed by atoms with Gasteiger partial charge in [0.1, 0.15) is 5.75 Å². The normalized spacial score (nSPS) is 25.8. The van der Waals surface area contributed by atoms with E-state index in [0.29, 0.717) is 5.92 Å². The molecule has 84 valence electrons. The minimum Gasteiger partial charge on any atom is -0.493 e. The Morgan fingerprint density at radius 3 is 3.19 bits per heavy atom. The summed E-state index contributed by atoms with van der Waals surface area (Å²) in [6.45, 7) is 0.781. The number of fused-ring (bicyclic) bond motifs is 1. The molecule has 1 aliphatic carbocycles. The molecule has 1 amide bonds. The van der Waals surface area contributed by atoms with Crippen molar-refractivity contribution in [2.45, 2.75) is 18.8 Å². The Morgan fingerprint density at radius 1 is 1.50 bits per heavy atom. The highest BCUT2D eigenvalue weighted by molar-refractivity contribution is 5.82. The first-order valence-electron chi connectivity index (χ1n) is 5.77. The third kappa shape index (κ3) is 1.39. The van der Waals surface area contributed by atoms with Gasteiger partial charge in [0.2, 0.25) is 5.91 Å². The molecule has 1 aromatic rings. The molecule has 0 saturated heterocycles. The summed E-state index contributed by atoms with van der Waals surface area (Å²) in [7, 11) is 1.70. The van der Waals surface area contributed by atoms with Crippen LogP contribution < -0.4 is 10.1 Å². The maximum atomic E-state index is 11.5. The molecule has 1 aromatic carbocycles. The fourth-order valence-electron chi connectivity index (χ4n) is 2.61. The van der Waals surface area contributed by atoms with Gasteiger partial charge in [-0.05, 0) is 24.0 Å². The van der Waals surface area contributed by atoms with Crippen molar-refractivity contribution in [3.63, 3.8) is 0 Å². The summed E-state index contributed by atoms with van der Waals surface area (Å²) in [6, 6.07) is 6.18. The molecule has 1 N–H and O–H groups in total. The zero-order chi connectivity index (χ0) is 11.1. The van der Waals surface area contributed by atoms with Gasteiger partial charge in [-0.3, -0.25) is 4.79 Å². The number of carbonyl (C=O) groups excluding carboxylic acids is 1. The molecule has 1 heterocycles. The SMILES string of the molecule is CNC(=O)C1CC1c1cccc2c1CCO2. The third-order valence-electron chi connectivity index (χ3n) is 3.55. The van der Waals surface area contributed by atoms with Gasteiger partial charge in [-0.15, -0.1) is 0 Å². The van der Waals surface area contributed by atoms with Crippen molar-refractivity contribution in [1.82, 2.24) is 5.32 Å². The van der Waals surface area contributed by atoms with Crippen LogP contribution in [0.1, 0.15) is 23.5 Å². The largest absolute Gasteiger partial charge is 0.493 e. The Kier molecular flexibility index (Phi) is 2.13. The molecule has 3 nitrogen and oxygen atoms in total. The van der Waals surface area contributed by atoms with Crippen LogP contribution in [0.3, 0.4) is 0 Å². The molecule has 0 spiro atoms. The van der Waals surface area contributed by atoms with Gasteiger partial charge in [0.05, 0.1) is 6.61 Å². The molecular formula is C13H15NO2. The van der Waals surface area contributed by atoms with Crippen molar-refractivity contribution in [2.75, 3.05) is 13.7 Å². The lowest BCUT2D eigenvalue weighted by atomic mass is 10.00. The van der Waals surface area contributed by atoms with Crippen LogP contribution in [0, 0.1) is 5.92 Å². The average Bonchev–Trinajstić information content (AvgIpc) is 2.96. The molecule has 2 atom stereocenters. The number of benzene rings is 1. The molecule has 16 heavy (non-hydrogen) atoms. The second-order valence-electron chi connectivity index (χ2n) is 4.49. The molecule has 1 aliphatic heterocycles. The average molecular weight is 217 g/mol. The molecule has 0 radical (unpaired) electrons. The minimum absolute atomic E-state index is 0.168. The van der Waals surface area contributed by atoms with Crippen molar-refractivity contribution < 1.29 is 9.53 Å². The standard InChI is InChI=1S/C13H15NO2/c1-14-13(15)11-7-10(11)8-3-2-4-12-9(8)5-6-16-12/h2-4,10-11H,5-7H2,1H3,(H,14,15). The van der Waals surface area contributed by atoms with Gasteiger partial charge in [-0.1, -0.05) is 12.1 Å². The van der Waals surface area contributed by atoms with Crippen LogP contribution in [-0.2, 0) is 11.2 Å². The van der Waals surface area contributed by atoms with Crippen LogP contribution in [0.5, 0.6) is 5.75 Å². The van der Waals surface area contributed by atoms with Gasteiger partial charge in [0, 0.05) is 24.9 Å². The first kappa shape index (κ1) is 9.70. The van der Waals surface area contributed by atoms with Crippen molar-refractivity contribution in [1.29, 1.82) is 0 Å². The number of carbonyl (C=O) groups is 1.